The predicted molar refractivity (Wildman–Crippen MR) is 131 cm³/mol. The molecule has 35 heavy (non-hydrogen) atoms. The van der Waals surface area contributed by atoms with E-state index in [2.05, 4.69) is 41.4 Å². The van der Waals surface area contributed by atoms with Crippen LogP contribution in [-0.2, 0) is 11.3 Å². The van der Waals surface area contributed by atoms with Crippen LogP contribution >= 0.6 is 0 Å². The van der Waals surface area contributed by atoms with Crippen molar-refractivity contribution < 1.29 is 9.47 Å². The van der Waals surface area contributed by atoms with Crippen molar-refractivity contribution in [2.45, 2.75) is 19.6 Å². The van der Waals surface area contributed by atoms with Gasteiger partial charge in [0, 0.05) is 6.20 Å². The van der Waals surface area contributed by atoms with Crippen LogP contribution in [0, 0.1) is 6.92 Å². The van der Waals surface area contributed by atoms with E-state index in [9.17, 15) is 0 Å². The minimum atomic E-state index is -0.302. The highest BCUT2D eigenvalue weighted by molar-refractivity contribution is 5.64. The molecule has 0 amide bonds. The standard InChI is InChI=1S/C27H24N6O2/c1-18-16-32(17-28-18)23-12-11-22(29-27(23)34-2)25-30-26-24(35-14-13-33(26)31-25)21-10-6-9-20(15-21)19-7-4-3-5-8-19/h3-12,15-17,24H,13-14H2,1-2H3/t24-/m0/s1. The molecule has 0 aliphatic carbocycles. The van der Waals surface area contributed by atoms with Crippen LogP contribution in [-0.4, -0.2) is 43.0 Å². The topological polar surface area (TPSA) is 79.9 Å². The maximum Gasteiger partial charge on any atom is 0.238 e. The van der Waals surface area contributed by atoms with E-state index in [1.54, 1.807) is 13.4 Å². The first kappa shape index (κ1) is 21.2. The van der Waals surface area contributed by atoms with Gasteiger partial charge in [0.1, 0.15) is 17.5 Å². The number of rotatable bonds is 5. The summed E-state index contributed by atoms with van der Waals surface area (Å²) in [5, 5.41) is 4.75. The van der Waals surface area contributed by atoms with E-state index >= 15 is 0 Å². The first-order valence-corrected chi connectivity index (χ1v) is 11.5. The first-order chi connectivity index (χ1) is 17.2. The first-order valence-electron chi connectivity index (χ1n) is 11.5. The van der Waals surface area contributed by atoms with Crippen molar-refractivity contribution >= 4 is 0 Å². The number of aromatic nitrogens is 6. The Bertz CT molecular complexity index is 1490. The minimum Gasteiger partial charge on any atom is -0.479 e. The molecule has 1 aliphatic rings. The number of hydrogen-bond donors (Lipinski definition) is 0. The lowest BCUT2D eigenvalue weighted by molar-refractivity contribution is 0.0390. The molecule has 8 heteroatoms. The third kappa shape index (κ3) is 3.98. The van der Waals surface area contributed by atoms with Gasteiger partial charge in [-0.15, -0.1) is 5.10 Å². The van der Waals surface area contributed by atoms with E-state index in [-0.39, 0.29) is 6.10 Å². The number of pyridine rings is 1. The number of nitrogens with zero attached hydrogens (tertiary/aromatic N) is 6. The Hall–Kier alpha value is -4.30. The summed E-state index contributed by atoms with van der Waals surface area (Å²) in [5.41, 5.74) is 5.71. The Kier molecular flexibility index (Phi) is 5.35. The maximum atomic E-state index is 6.18. The molecule has 2 aromatic carbocycles. The Labute approximate surface area is 202 Å². The van der Waals surface area contributed by atoms with Crippen molar-refractivity contribution in [3.8, 4) is 34.2 Å². The second-order valence-electron chi connectivity index (χ2n) is 8.41. The van der Waals surface area contributed by atoms with Gasteiger partial charge in [0.15, 0.2) is 11.6 Å². The highest BCUT2D eigenvalue weighted by atomic mass is 16.5. The van der Waals surface area contributed by atoms with Gasteiger partial charge in [-0.1, -0.05) is 48.5 Å². The van der Waals surface area contributed by atoms with Gasteiger partial charge in [-0.3, -0.25) is 0 Å². The van der Waals surface area contributed by atoms with Crippen molar-refractivity contribution in [2.24, 2.45) is 0 Å². The summed E-state index contributed by atoms with van der Waals surface area (Å²) >= 11 is 0. The lowest BCUT2D eigenvalue weighted by atomic mass is 10.00. The van der Waals surface area contributed by atoms with E-state index < -0.39 is 0 Å². The zero-order chi connectivity index (χ0) is 23.8. The van der Waals surface area contributed by atoms with Gasteiger partial charge in [-0.05, 0) is 41.8 Å². The fraction of sp³-hybridized carbons (Fsp3) is 0.185. The van der Waals surface area contributed by atoms with Crippen LogP contribution in [0.15, 0.2) is 79.3 Å². The number of methoxy groups -OCH3 is 1. The van der Waals surface area contributed by atoms with Crippen molar-refractivity contribution in [2.75, 3.05) is 13.7 Å². The number of imidazole rings is 1. The van der Waals surface area contributed by atoms with Crippen molar-refractivity contribution in [1.29, 1.82) is 0 Å². The van der Waals surface area contributed by atoms with Crippen molar-refractivity contribution in [3.63, 3.8) is 0 Å². The van der Waals surface area contributed by atoms with Gasteiger partial charge < -0.3 is 14.0 Å². The summed E-state index contributed by atoms with van der Waals surface area (Å²) in [6, 6.07) is 22.6. The average molecular weight is 465 g/mol. The molecule has 3 aromatic heterocycles. The number of benzene rings is 2. The molecule has 5 aromatic rings. The number of hydrogen-bond acceptors (Lipinski definition) is 6. The molecule has 1 atom stereocenters. The Morgan fingerprint density at radius 2 is 1.83 bits per heavy atom. The molecular formula is C27H24N6O2. The van der Waals surface area contributed by atoms with E-state index in [0.29, 0.717) is 30.5 Å². The monoisotopic (exact) mass is 464 g/mol. The third-order valence-electron chi connectivity index (χ3n) is 6.07. The summed E-state index contributed by atoms with van der Waals surface area (Å²) in [5.74, 6) is 1.80. The average Bonchev–Trinajstić information content (AvgIpc) is 3.55. The van der Waals surface area contributed by atoms with Crippen LogP contribution in [0.4, 0.5) is 0 Å². The molecule has 0 saturated heterocycles. The summed E-state index contributed by atoms with van der Waals surface area (Å²) in [4.78, 5) is 13.8. The van der Waals surface area contributed by atoms with E-state index in [0.717, 1.165) is 33.9 Å². The molecule has 0 bridgehead atoms. The van der Waals surface area contributed by atoms with Gasteiger partial charge in [0.2, 0.25) is 5.88 Å². The molecule has 0 N–H and O–H groups in total. The molecule has 4 heterocycles. The van der Waals surface area contributed by atoms with E-state index in [1.807, 2.05) is 52.7 Å². The summed E-state index contributed by atoms with van der Waals surface area (Å²) in [6.45, 7) is 3.14. The molecule has 1 aliphatic heterocycles. The smallest absolute Gasteiger partial charge is 0.238 e. The highest BCUT2D eigenvalue weighted by Gasteiger charge is 2.28. The van der Waals surface area contributed by atoms with Gasteiger partial charge in [0.05, 0.1) is 32.3 Å². The fourth-order valence-corrected chi connectivity index (χ4v) is 4.37. The molecule has 0 spiro atoms. The number of fused-ring (bicyclic) bond motifs is 1. The summed E-state index contributed by atoms with van der Waals surface area (Å²) in [6.07, 6.45) is 3.37. The summed E-state index contributed by atoms with van der Waals surface area (Å²) < 4.78 is 15.6. The van der Waals surface area contributed by atoms with Crippen LogP contribution in [0.5, 0.6) is 5.88 Å². The van der Waals surface area contributed by atoms with Gasteiger partial charge in [-0.2, -0.15) is 0 Å². The van der Waals surface area contributed by atoms with Crippen molar-refractivity contribution in [1.82, 2.24) is 29.3 Å². The predicted octanol–water partition coefficient (Wildman–Crippen LogP) is 4.63. The normalized spacial score (nSPS) is 15.1. The molecule has 0 fully saturated rings. The molecule has 0 unspecified atom stereocenters. The second-order valence-corrected chi connectivity index (χ2v) is 8.41. The van der Waals surface area contributed by atoms with Gasteiger partial charge in [0.25, 0.3) is 0 Å². The molecule has 0 saturated carbocycles. The second kappa shape index (κ2) is 8.81. The largest absolute Gasteiger partial charge is 0.479 e. The maximum absolute atomic E-state index is 6.18. The molecule has 8 nitrogen and oxygen atoms in total. The van der Waals surface area contributed by atoms with Crippen LogP contribution in [0.3, 0.4) is 0 Å². The van der Waals surface area contributed by atoms with Crippen LogP contribution < -0.4 is 4.74 Å². The van der Waals surface area contributed by atoms with Crippen molar-refractivity contribution in [3.05, 3.63) is 96.3 Å². The minimum absolute atomic E-state index is 0.302. The highest BCUT2D eigenvalue weighted by Crippen LogP contribution is 2.33. The van der Waals surface area contributed by atoms with E-state index in [4.69, 9.17) is 24.5 Å². The SMILES string of the molecule is COc1nc(-c2nc3n(n2)CCO[C@H]3c2cccc(-c3ccccc3)c2)ccc1-n1cnc(C)c1. The molecule has 174 valence electrons. The number of aryl methyl sites for hydroxylation is 1. The van der Waals surface area contributed by atoms with Crippen LogP contribution in [0.25, 0.3) is 28.3 Å². The van der Waals surface area contributed by atoms with Gasteiger partial charge >= 0.3 is 0 Å². The fourth-order valence-electron chi connectivity index (χ4n) is 4.37. The van der Waals surface area contributed by atoms with E-state index in [1.165, 1.54) is 0 Å². The summed E-state index contributed by atoms with van der Waals surface area (Å²) in [7, 11) is 1.61. The molecular weight excluding hydrogens is 440 g/mol. The quantitative estimate of drug-likeness (QED) is 0.377. The van der Waals surface area contributed by atoms with Crippen LogP contribution in [0.2, 0.25) is 0 Å². The lowest BCUT2D eigenvalue weighted by Crippen LogP contribution is -2.23. The number of ether oxygens (including phenoxy) is 2. The zero-order valence-corrected chi connectivity index (χ0v) is 19.5. The Morgan fingerprint density at radius 3 is 2.63 bits per heavy atom. The lowest BCUT2D eigenvalue weighted by Gasteiger charge is -2.23. The molecule has 6 rings (SSSR count). The van der Waals surface area contributed by atoms with Crippen LogP contribution in [0.1, 0.15) is 23.2 Å². The molecule has 0 radical (unpaired) electrons. The zero-order valence-electron chi connectivity index (χ0n) is 19.5. The van der Waals surface area contributed by atoms with Gasteiger partial charge in [-0.25, -0.2) is 19.6 Å². The Balaban J connectivity index is 1.35. The Morgan fingerprint density at radius 1 is 0.971 bits per heavy atom. The third-order valence-corrected chi connectivity index (χ3v) is 6.07.